The molecule has 1 aromatic carbocycles. The lowest BCUT2D eigenvalue weighted by atomic mass is 10.1. The second kappa shape index (κ2) is 7.12. The molecule has 8 nitrogen and oxygen atoms in total. The van der Waals surface area contributed by atoms with E-state index in [9.17, 15) is 14.4 Å². The van der Waals surface area contributed by atoms with Gasteiger partial charge in [0.2, 0.25) is 11.3 Å². The first-order valence-corrected chi connectivity index (χ1v) is 6.55. The van der Waals surface area contributed by atoms with Crippen molar-refractivity contribution in [3.8, 4) is 5.75 Å². The smallest absolute Gasteiger partial charge is 0.408 e. The van der Waals surface area contributed by atoms with Crippen LogP contribution in [0.4, 0.5) is 4.79 Å². The molecule has 8 heteroatoms. The van der Waals surface area contributed by atoms with E-state index in [-0.39, 0.29) is 12.4 Å². The Labute approximate surface area is 130 Å². The van der Waals surface area contributed by atoms with Crippen LogP contribution in [-0.4, -0.2) is 17.1 Å². The molecule has 120 valence electrons. The maximum Gasteiger partial charge on any atom is 0.408 e. The third-order valence-electron chi connectivity index (χ3n) is 2.89. The summed E-state index contributed by atoms with van der Waals surface area (Å²) in [5.41, 5.74) is 5.11. The van der Waals surface area contributed by atoms with Crippen LogP contribution < -0.4 is 16.5 Å². The number of nitrogens with one attached hydrogen (secondary N) is 1. The minimum Gasteiger partial charge on any atom is -0.502 e. The molecule has 1 heterocycles. The summed E-state index contributed by atoms with van der Waals surface area (Å²) >= 11 is 0. The van der Waals surface area contributed by atoms with E-state index in [0.29, 0.717) is 5.56 Å². The van der Waals surface area contributed by atoms with E-state index in [2.05, 4.69) is 5.32 Å². The molecule has 2 amide bonds. The molecule has 2 rings (SSSR count). The van der Waals surface area contributed by atoms with Crippen molar-refractivity contribution in [2.75, 3.05) is 0 Å². The van der Waals surface area contributed by atoms with Crippen molar-refractivity contribution >= 4 is 12.0 Å². The van der Waals surface area contributed by atoms with Gasteiger partial charge >= 0.3 is 6.09 Å². The van der Waals surface area contributed by atoms with Crippen LogP contribution in [0.15, 0.2) is 51.9 Å². The van der Waals surface area contributed by atoms with Gasteiger partial charge in [-0.3, -0.25) is 9.59 Å². The van der Waals surface area contributed by atoms with Gasteiger partial charge in [-0.2, -0.15) is 0 Å². The molecule has 4 N–H and O–H groups in total. The summed E-state index contributed by atoms with van der Waals surface area (Å²) in [5, 5.41) is 11.4. The number of rotatable bonds is 5. The van der Waals surface area contributed by atoms with Gasteiger partial charge in [-0.1, -0.05) is 30.3 Å². The zero-order chi connectivity index (χ0) is 16.8. The summed E-state index contributed by atoms with van der Waals surface area (Å²) in [4.78, 5) is 34.4. The van der Waals surface area contributed by atoms with Crippen molar-refractivity contribution in [2.45, 2.75) is 12.6 Å². The molecule has 0 saturated carbocycles. The lowest BCUT2D eigenvalue weighted by Gasteiger charge is -2.15. The molecule has 0 radical (unpaired) electrons. The maximum atomic E-state index is 11.7. The van der Waals surface area contributed by atoms with Crippen LogP contribution in [0.3, 0.4) is 0 Å². The topological polar surface area (TPSA) is 132 Å². The van der Waals surface area contributed by atoms with Crippen molar-refractivity contribution in [2.24, 2.45) is 5.73 Å². The first-order valence-electron chi connectivity index (χ1n) is 6.55. The molecule has 0 saturated heterocycles. The van der Waals surface area contributed by atoms with E-state index in [0.717, 1.165) is 12.3 Å². The van der Waals surface area contributed by atoms with Crippen LogP contribution in [0.2, 0.25) is 0 Å². The van der Waals surface area contributed by atoms with E-state index in [1.165, 1.54) is 0 Å². The molecule has 0 aliphatic rings. The van der Waals surface area contributed by atoms with E-state index in [1.807, 2.05) is 0 Å². The van der Waals surface area contributed by atoms with Gasteiger partial charge in [-0.15, -0.1) is 0 Å². The molecule has 23 heavy (non-hydrogen) atoms. The number of hydrogen-bond acceptors (Lipinski definition) is 6. The number of aromatic hydroxyl groups is 1. The second-order valence-electron chi connectivity index (χ2n) is 4.56. The van der Waals surface area contributed by atoms with Crippen molar-refractivity contribution in [3.63, 3.8) is 0 Å². The van der Waals surface area contributed by atoms with E-state index < -0.39 is 29.2 Å². The Kier molecular flexibility index (Phi) is 4.98. The van der Waals surface area contributed by atoms with Gasteiger partial charge in [0.05, 0.1) is 0 Å². The summed E-state index contributed by atoms with van der Waals surface area (Å²) in [7, 11) is 0. The Morgan fingerprint density at radius 2 is 2.00 bits per heavy atom. The van der Waals surface area contributed by atoms with Crippen LogP contribution in [0.1, 0.15) is 17.4 Å². The van der Waals surface area contributed by atoms with Crippen LogP contribution in [-0.2, 0) is 16.1 Å². The fourth-order valence-corrected chi connectivity index (χ4v) is 1.78. The molecule has 1 atom stereocenters. The summed E-state index contributed by atoms with van der Waals surface area (Å²) < 4.78 is 9.73. The van der Waals surface area contributed by atoms with Gasteiger partial charge in [0.25, 0.3) is 0 Å². The minimum absolute atomic E-state index is 0.0401. The SMILES string of the molecule is NC(=O)C(NC(=O)OCc1cc(=O)c(O)co1)c1ccccc1. The number of nitrogens with two attached hydrogens (primary N) is 1. The fraction of sp³-hybridized carbons (Fsp3) is 0.133. The number of hydrogen-bond donors (Lipinski definition) is 3. The number of benzene rings is 1. The number of primary amides is 1. The normalized spacial score (nSPS) is 11.5. The largest absolute Gasteiger partial charge is 0.502 e. The Morgan fingerprint density at radius 1 is 1.30 bits per heavy atom. The third kappa shape index (κ3) is 4.34. The highest BCUT2D eigenvalue weighted by atomic mass is 16.6. The fourth-order valence-electron chi connectivity index (χ4n) is 1.78. The molecular formula is C15H14N2O6. The molecule has 0 fully saturated rings. The molecule has 0 aliphatic heterocycles. The Bertz CT molecular complexity index is 756. The van der Waals surface area contributed by atoms with Gasteiger partial charge in [0.1, 0.15) is 18.1 Å². The first-order chi connectivity index (χ1) is 11.0. The number of ether oxygens (including phenoxy) is 1. The van der Waals surface area contributed by atoms with Crippen molar-refractivity contribution in [1.29, 1.82) is 0 Å². The zero-order valence-electron chi connectivity index (χ0n) is 11.9. The minimum atomic E-state index is -1.05. The Morgan fingerprint density at radius 3 is 2.61 bits per heavy atom. The molecule has 1 unspecified atom stereocenters. The maximum absolute atomic E-state index is 11.7. The van der Waals surface area contributed by atoms with Gasteiger partial charge in [0.15, 0.2) is 12.4 Å². The molecule has 0 spiro atoms. The Balaban J connectivity index is 1.98. The number of amides is 2. The first kappa shape index (κ1) is 16.1. The van der Waals surface area contributed by atoms with Crippen LogP contribution in [0.25, 0.3) is 0 Å². The van der Waals surface area contributed by atoms with Gasteiger partial charge < -0.3 is 25.3 Å². The van der Waals surface area contributed by atoms with E-state index >= 15 is 0 Å². The quantitative estimate of drug-likeness (QED) is 0.747. The van der Waals surface area contributed by atoms with Crippen molar-refractivity contribution < 1.29 is 23.8 Å². The number of carbonyl (C=O) groups excluding carboxylic acids is 2. The van der Waals surface area contributed by atoms with Crippen molar-refractivity contribution in [3.05, 3.63) is 64.2 Å². The highest BCUT2D eigenvalue weighted by Gasteiger charge is 2.20. The number of carbonyl (C=O) groups is 2. The summed E-state index contributed by atoms with van der Waals surface area (Å²) in [5.74, 6) is -1.25. The van der Waals surface area contributed by atoms with Crippen molar-refractivity contribution in [1.82, 2.24) is 5.32 Å². The summed E-state index contributed by atoms with van der Waals surface area (Å²) in [6, 6.07) is 8.37. The predicted molar refractivity (Wildman–Crippen MR) is 78.3 cm³/mol. The summed E-state index contributed by atoms with van der Waals surface area (Å²) in [6.45, 7) is -0.346. The molecule has 0 bridgehead atoms. The van der Waals surface area contributed by atoms with Crippen LogP contribution in [0.5, 0.6) is 5.75 Å². The van der Waals surface area contributed by atoms with E-state index in [1.54, 1.807) is 30.3 Å². The van der Waals surface area contributed by atoms with Crippen LogP contribution in [0, 0.1) is 0 Å². The number of alkyl carbamates (subject to hydrolysis) is 1. The molecule has 2 aromatic rings. The third-order valence-corrected chi connectivity index (χ3v) is 2.89. The monoisotopic (exact) mass is 318 g/mol. The predicted octanol–water partition coefficient (Wildman–Crippen LogP) is 0.798. The zero-order valence-corrected chi connectivity index (χ0v) is 11.9. The molecule has 0 aliphatic carbocycles. The average molecular weight is 318 g/mol. The Hall–Kier alpha value is -3.29. The lowest BCUT2D eigenvalue weighted by Crippen LogP contribution is -2.37. The van der Waals surface area contributed by atoms with E-state index in [4.69, 9.17) is 20.0 Å². The highest BCUT2D eigenvalue weighted by molar-refractivity contribution is 5.85. The van der Waals surface area contributed by atoms with Gasteiger partial charge in [-0.25, -0.2) is 4.79 Å². The summed E-state index contributed by atoms with van der Waals surface area (Å²) in [6.07, 6.45) is -0.0665. The second-order valence-corrected chi connectivity index (χ2v) is 4.56. The average Bonchev–Trinajstić information content (AvgIpc) is 2.54. The standard InChI is InChI=1S/C15H14N2O6/c16-14(20)13(9-4-2-1-3-5-9)17-15(21)23-7-10-6-11(18)12(19)8-22-10/h1-6,8,13,19H,7H2,(H2,16,20)(H,17,21). The van der Waals surface area contributed by atoms with Gasteiger partial charge in [0, 0.05) is 6.07 Å². The molecule has 1 aromatic heterocycles. The van der Waals surface area contributed by atoms with Crippen LogP contribution >= 0.6 is 0 Å². The molecular weight excluding hydrogens is 304 g/mol. The highest BCUT2D eigenvalue weighted by Crippen LogP contribution is 2.12. The van der Waals surface area contributed by atoms with Gasteiger partial charge in [-0.05, 0) is 5.56 Å². The lowest BCUT2D eigenvalue weighted by molar-refractivity contribution is -0.120.